The Morgan fingerprint density at radius 2 is 2.17 bits per heavy atom. The van der Waals surface area contributed by atoms with Gasteiger partial charge in [-0.1, -0.05) is 0 Å². The Balaban J connectivity index is 2.01. The average molecular weight is 169 g/mol. The van der Waals surface area contributed by atoms with Crippen molar-refractivity contribution in [2.45, 2.75) is 18.4 Å². The Hall–Kier alpha value is -0.610. The van der Waals surface area contributed by atoms with E-state index in [9.17, 15) is 4.79 Å². The fraction of sp³-hybridized carbons (Fsp3) is 0.875. The lowest BCUT2D eigenvalue weighted by Crippen LogP contribution is -2.52. The van der Waals surface area contributed by atoms with Gasteiger partial charge in [0.1, 0.15) is 0 Å². The Bertz CT molecular complexity index is 187. The van der Waals surface area contributed by atoms with Crippen molar-refractivity contribution in [3.8, 4) is 0 Å². The van der Waals surface area contributed by atoms with Crippen LogP contribution in [0.1, 0.15) is 12.8 Å². The number of carbonyl (C=O) groups is 1. The average Bonchev–Trinajstić information content (AvgIpc) is 2.42. The van der Waals surface area contributed by atoms with Gasteiger partial charge in [-0.15, -0.1) is 0 Å². The van der Waals surface area contributed by atoms with E-state index in [4.69, 9.17) is 0 Å². The van der Waals surface area contributed by atoms with Crippen molar-refractivity contribution in [1.82, 2.24) is 16.0 Å². The molecule has 0 aromatic rings. The molecule has 4 nitrogen and oxygen atoms in total. The van der Waals surface area contributed by atoms with Gasteiger partial charge >= 0.3 is 0 Å². The quantitative estimate of drug-likeness (QED) is 0.428. The van der Waals surface area contributed by atoms with E-state index in [0.29, 0.717) is 6.42 Å². The number of hydrogen-bond donors (Lipinski definition) is 3. The molecule has 2 heterocycles. The van der Waals surface area contributed by atoms with Gasteiger partial charge in [-0.3, -0.25) is 4.79 Å². The van der Waals surface area contributed by atoms with Crippen LogP contribution >= 0.6 is 0 Å². The normalized spacial score (nSPS) is 36.5. The standard InChI is InChI=1S/C8H15N3O/c12-7-1-3-11-8(6-10-7)2-4-9-5-8/h9,11H,1-6H2,(H,10,12). The molecule has 0 aromatic heterocycles. The van der Waals surface area contributed by atoms with Crippen LogP contribution in [-0.2, 0) is 4.79 Å². The van der Waals surface area contributed by atoms with Crippen LogP contribution in [0.4, 0.5) is 0 Å². The van der Waals surface area contributed by atoms with E-state index in [0.717, 1.165) is 32.6 Å². The minimum atomic E-state index is 0.145. The minimum Gasteiger partial charge on any atom is -0.354 e. The van der Waals surface area contributed by atoms with E-state index in [2.05, 4.69) is 16.0 Å². The van der Waals surface area contributed by atoms with E-state index >= 15 is 0 Å². The van der Waals surface area contributed by atoms with E-state index in [1.54, 1.807) is 0 Å². The lowest BCUT2D eigenvalue weighted by Gasteiger charge is -2.27. The SMILES string of the molecule is O=C1CCNC2(CCNC2)CN1. The highest BCUT2D eigenvalue weighted by molar-refractivity contribution is 5.76. The third-order valence-electron chi connectivity index (χ3n) is 2.72. The van der Waals surface area contributed by atoms with Gasteiger partial charge in [-0.2, -0.15) is 0 Å². The lowest BCUT2D eigenvalue weighted by molar-refractivity contribution is -0.120. The Morgan fingerprint density at radius 1 is 1.25 bits per heavy atom. The predicted molar refractivity (Wildman–Crippen MR) is 45.8 cm³/mol. The molecule has 0 radical (unpaired) electrons. The van der Waals surface area contributed by atoms with Gasteiger partial charge in [-0.05, 0) is 13.0 Å². The Labute approximate surface area is 72.1 Å². The number of nitrogens with one attached hydrogen (secondary N) is 3. The molecule has 0 aromatic carbocycles. The van der Waals surface area contributed by atoms with Gasteiger partial charge < -0.3 is 16.0 Å². The van der Waals surface area contributed by atoms with Crippen molar-refractivity contribution in [2.24, 2.45) is 0 Å². The van der Waals surface area contributed by atoms with Gasteiger partial charge in [0, 0.05) is 31.6 Å². The maximum absolute atomic E-state index is 11.1. The summed E-state index contributed by atoms with van der Waals surface area (Å²) >= 11 is 0. The molecule has 0 aliphatic carbocycles. The molecule has 1 atom stereocenters. The summed E-state index contributed by atoms with van der Waals surface area (Å²) in [6.45, 7) is 3.63. The Morgan fingerprint density at radius 3 is 2.92 bits per heavy atom. The molecule has 1 amide bonds. The smallest absolute Gasteiger partial charge is 0.221 e. The molecule has 68 valence electrons. The third-order valence-corrected chi connectivity index (χ3v) is 2.72. The summed E-state index contributed by atoms with van der Waals surface area (Å²) in [6.07, 6.45) is 1.73. The molecular formula is C8H15N3O. The van der Waals surface area contributed by atoms with E-state index in [1.165, 1.54) is 0 Å². The van der Waals surface area contributed by atoms with Gasteiger partial charge in [0.25, 0.3) is 0 Å². The molecular weight excluding hydrogens is 154 g/mol. The van der Waals surface area contributed by atoms with Crippen molar-refractivity contribution in [1.29, 1.82) is 0 Å². The highest BCUT2D eigenvalue weighted by atomic mass is 16.1. The molecule has 0 bridgehead atoms. The summed E-state index contributed by atoms with van der Waals surface area (Å²) in [6, 6.07) is 0. The largest absolute Gasteiger partial charge is 0.354 e. The van der Waals surface area contributed by atoms with Crippen molar-refractivity contribution in [3.05, 3.63) is 0 Å². The van der Waals surface area contributed by atoms with Crippen LogP contribution in [0.25, 0.3) is 0 Å². The summed E-state index contributed by atoms with van der Waals surface area (Å²) < 4.78 is 0. The van der Waals surface area contributed by atoms with Gasteiger partial charge in [-0.25, -0.2) is 0 Å². The van der Waals surface area contributed by atoms with Crippen LogP contribution in [0, 0.1) is 0 Å². The molecule has 1 unspecified atom stereocenters. The lowest BCUT2D eigenvalue weighted by atomic mass is 9.99. The van der Waals surface area contributed by atoms with Crippen molar-refractivity contribution in [3.63, 3.8) is 0 Å². The third kappa shape index (κ3) is 1.44. The van der Waals surface area contributed by atoms with Crippen LogP contribution in [-0.4, -0.2) is 37.6 Å². The minimum absolute atomic E-state index is 0.145. The highest BCUT2D eigenvalue weighted by Gasteiger charge is 2.34. The zero-order chi connectivity index (χ0) is 8.44. The van der Waals surface area contributed by atoms with E-state index in [-0.39, 0.29) is 11.4 Å². The second-order valence-electron chi connectivity index (χ2n) is 3.66. The number of carbonyl (C=O) groups excluding carboxylic acids is 1. The fourth-order valence-electron chi connectivity index (χ4n) is 1.91. The summed E-state index contributed by atoms with van der Waals surface area (Å²) in [5.74, 6) is 0.172. The van der Waals surface area contributed by atoms with Crippen molar-refractivity contribution >= 4 is 5.91 Å². The monoisotopic (exact) mass is 169 g/mol. The first-order valence-corrected chi connectivity index (χ1v) is 4.53. The van der Waals surface area contributed by atoms with E-state index in [1.807, 2.05) is 0 Å². The molecule has 3 N–H and O–H groups in total. The molecule has 4 heteroatoms. The molecule has 1 spiro atoms. The number of rotatable bonds is 0. The first kappa shape index (κ1) is 8.01. The maximum Gasteiger partial charge on any atom is 0.221 e. The zero-order valence-corrected chi connectivity index (χ0v) is 7.15. The molecule has 2 aliphatic heterocycles. The zero-order valence-electron chi connectivity index (χ0n) is 7.15. The Kier molecular flexibility index (Phi) is 2.02. The summed E-state index contributed by atoms with van der Waals surface area (Å²) in [4.78, 5) is 11.1. The van der Waals surface area contributed by atoms with Crippen LogP contribution in [0.3, 0.4) is 0 Å². The van der Waals surface area contributed by atoms with Gasteiger partial charge in [0.15, 0.2) is 0 Å². The molecule has 0 saturated carbocycles. The summed E-state index contributed by atoms with van der Waals surface area (Å²) in [7, 11) is 0. The highest BCUT2D eigenvalue weighted by Crippen LogP contribution is 2.14. The molecule has 2 aliphatic rings. The first-order chi connectivity index (χ1) is 5.81. The van der Waals surface area contributed by atoms with Crippen LogP contribution in [0.15, 0.2) is 0 Å². The van der Waals surface area contributed by atoms with Crippen LogP contribution < -0.4 is 16.0 Å². The predicted octanol–water partition coefficient (Wildman–Crippen LogP) is -1.17. The van der Waals surface area contributed by atoms with Gasteiger partial charge in [0.2, 0.25) is 5.91 Å². The molecule has 2 saturated heterocycles. The molecule has 12 heavy (non-hydrogen) atoms. The van der Waals surface area contributed by atoms with Gasteiger partial charge in [0.05, 0.1) is 0 Å². The number of hydrogen-bond acceptors (Lipinski definition) is 3. The maximum atomic E-state index is 11.1. The van der Waals surface area contributed by atoms with Crippen LogP contribution in [0.2, 0.25) is 0 Å². The topological polar surface area (TPSA) is 53.2 Å². The summed E-state index contributed by atoms with van der Waals surface area (Å²) in [5, 5.41) is 9.69. The second-order valence-corrected chi connectivity index (χ2v) is 3.66. The van der Waals surface area contributed by atoms with E-state index < -0.39 is 0 Å². The fourth-order valence-corrected chi connectivity index (χ4v) is 1.91. The molecule has 2 fully saturated rings. The summed E-state index contributed by atoms with van der Waals surface area (Å²) in [5.41, 5.74) is 0.145. The second kappa shape index (κ2) is 3.03. The number of amides is 1. The van der Waals surface area contributed by atoms with Crippen molar-refractivity contribution in [2.75, 3.05) is 26.2 Å². The molecule has 2 rings (SSSR count). The first-order valence-electron chi connectivity index (χ1n) is 4.53. The van der Waals surface area contributed by atoms with Crippen molar-refractivity contribution < 1.29 is 4.79 Å². The van der Waals surface area contributed by atoms with Crippen LogP contribution in [0.5, 0.6) is 0 Å².